The predicted molar refractivity (Wildman–Crippen MR) is 130 cm³/mol. The first-order chi connectivity index (χ1) is 16.1. The number of halogens is 1. The number of anilines is 1. The molecule has 2 aromatic rings. The maximum atomic E-state index is 14.0. The lowest BCUT2D eigenvalue weighted by molar-refractivity contribution is -0.149. The number of carboxylic acids is 1. The zero-order valence-electron chi connectivity index (χ0n) is 20.3. The van der Waals surface area contributed by atoms with Crippen molar-refractivity contribution in [3.63, 3.8) is 0 Å². The van der Waals surface area contributed by atoms with Crippen LogP contribution >= 0.6 is 0 Å². The number of nitrogens with one attached hydrogen (secondary N) is 1. The van der Waals surface area contributed by atoms with Gasteiger partial charge in [0.15, 0.2) is 6.10 Å². The first-order valence-electron chi connectivity index (χ1n) is 11.5. The number of hydrogen-bond acceptors (Lipinski definition) is 4. The number of rotatable bonds is 12. The molecule has 0 spiro atoms. The first kappa shape index (κ1) is 27.1. The Labute approximate surface area is 200 Å². The summed E-state index contributed by atoms with van der Waals surface area (Å²) in [6.07, 6.45) is 0.151. The molecule has 0 aliphatic carbocycles. The number of urea groups is 1. The van der Waals surface area contributed by atoms with Crippen LogP contribution in [-0.4, -0.2) is 54.4 Å². The Morgan fingerprint density at radius 3 is 2.35 bits per heavy atom. The molecule has 0 aromatic heterocycles. The standard InChI is InChI=1S/C26H35FN2O5/c1-5-33-23(24(30)31)18-19-10-12-20(13-11-19)34-17-16-29(15-14-26(2,3)4)25(32)28-22-9-7-6-8-21(22)27/h6-13,23H,5,14-18H2,1-4H3,(H,28,32)(H,30,31). The van der Waals surface area contributed by atoms with Crippen molar-refractivity contribution in [2.75, 3.05) is 31.6 Å². The number of nitrogens with zero attached hydrogens (tertiary/aromatic N) is 1. The van der Waals surface area contributed by atoms with Crippen molar-refractivity contribution < 1.29 is 28.6 Å². The third kappa shape index (κ3) is 9.39. The first-order valence-corrected chi connectivity index (χ1v) is 11.5. The summed E-state index contributed by atoms with van der Waals surface area (Å²) in [6.45, 7) is 9.45. The van der Waals surface area contributed by atoms with Gasteiger partial charge in [0.25, 0.3) is 0 Å². The summed E-state index contributed by atoms with van der Waals surface area (Å²) < 4.78 is 25.0. The normalized spacial score (nSPS) is 12.1. The van der Waals surface area contributed by atoms with Crippen molar-refractivity contribution >= 4 is 17.7 Å². The Balaban J connectivity index is 1.95. The van der Waals surface area contributed by atoms with Crippen molar-refractivity contribution in [2.24, 2.45) is 5.41 Å². The molecule has 0 saturated carbocycles. The van der Waals surface area contributed by atoms with Crippen molar-refractivity contribution in [3.05, 3.63) is 59.9 Å². The summed E-state index contributed by atoms with van der Waals surface area (Å²) in [5, 5.41) is 11.9. The fourth-order valence-electron chi connectivity index (χ4n) is 3.17. The van der Waals surface area contributed by atoms with Gasteiger partial charge in [-0.15, -0.1) is 0 Å². The molecule has 34 heavy (non-hydrogen) atoms. The molecule has 2 N–H and O–H groups in total. The fraction of sp³-hybridized carbons (Fsp3) is 0.462. The number of para-hydroxylation sites is 1. The Kier molecular flexibility index (Phi) is 10.3. The fourth-order valence-corrected chi connectivity index (χ4v) is 3.17. The van der Waals surface area contributed by atoms with Gasteiger partial charge in [-0.25, -0.2) is 14.0 Å². The minimum atomic E-state index is -0.994. The van der Waals surface area contributed by atoms with Gasteiger partial charge in [0.1, 0.15) is 18.2 Å². The van der Waals surface area contributed by atoms with E-state index in [1.165, 1.54) is 12.1 Å². The number of hydrogen-bond donors (Lipinski definition) is 2. The van der Waals surface area contributed by atoms with E-state index in [0.717, 1.165) is 12.0 Å². The van der Waals surface area contributed by atoms with Crippen molar-refractivity contribution in [1.29, 1.82) is 0 Å². The summed E-state index contributed by atoms with van der Waals surface area (Å²) in [5.41, 5.74) is 0.989. The summed E-state index contributed by atoms with van der Waals surface area (Å²) >= 11 is 0. The van der Waals surface area contributed by atoms with Crippen molar-refractivity contribution in [3.8, 4) is 5.75 Å². The van der Waals surface area contributed by atoms with Crippen LogP contribution in [-0.2, 0) is 16.0 Å². The quantitative estimate of drug-likeness (QED) is 0.441. The summed E-state index contributed by atoms with van der Waals surface area (Å²) in [7, 11) is 0. The average Bonchev–Trinajstić information content (AvgIpc) is 2.77. The third-order valence-electron chi connectivity index (χ3n) is 5.15. The van der Waals surface area contributed by atoms with E-state index in [9.17, 15) is 19.1 Å². The second kappa shape index (κ2) is 12.9. The molecule has 0 aliphatic heterocycles. The number of carboxylic acid groups (broad SMARTS) is 1. The van der Waals surface area contributed by atoms with Crippen LogP contribution in [0.1, 0.15) is 39.7 Å². The van der Waals surface area contributed by atoms with Crippen LogP contribution in [0.2, 0.25) is 0 Å². The molecule has 0 bridgehead atoms. The molecule has 1 unspecified atom stereocenters. The molecule has 0 radical (unpaired) electrons. The Morgan fingerprint density at radius 2 is 1.76 bits per heavy atom. The van der Waals surface area contributed by atoms with E-state index in [0.29, 0.717) is 25.4 Å². The van der Waals surface area contributed by atoms with E-state index in [2.05, 4.69) is 26.1 Å². The molecular weight excluding hydrogens is 439 g/mol. The van der Waals surface area contributed by atoms with Crippen molar-refractivity contribution in [2.45, 2.75) is 46.6 Å². The van der Waals surface area contributed by atoms with Gasteiger partial charge in [-0.05, 0) is 48.6 Å². The van der Waals surface area contributed by atoms with Crippen LogP contribution in [0.5, 0.6) is 5.75 Å². The highest BCUT2D eigenvalue weighted by Gasteiger charge is 2.20. The number of benzene rings is 2. The average molecular weight is 475 g/mol. The maximum Gasteiger partial charge on any atom is 0.333 e. The molecule has 0 aliphatic rings. The second-order valence-electron chi connectivity index (χ2n) is 9.19. The third-order valence-corrected chi connectivity index (χ3v) is 5.15. The maximum absolute atomic E-state index is 14.0. The minimum absolute atomic E-state index is 0.0303. The lowest BCUT2D eigenvalue weighted by Gasteiger charge is -2.27. The van der Waals surface area contributed by atoms with Gasteiger partial charge in [0, 0.05) is 19.6 Å². The van der Waals surface area contributed by atoms with Gasteiger partial charge >= 0.3 is 12.0 Å². The molecule has 1 atom stereocenters. The molecule has 2 rings (SSSR count). The van der Waals surface area contributed by atoms with Crippen LogP contribution in [0, 0.1) is 11.2 Å². The van der Waals surface area contributed by atoms with Crippen LogP contribution in [0.15, 0.2) is 48.5 Å². The van der Waals surface area contributed by atoms with Gasteiger partial charge in [-0.2, -0.15) is 0 Å². The SMILES string of the molecule is CCOC(Cc1ccc(OCCN(CCC(C)(C)C)C(=O)Nc2ccccc2F)cc1)C(=O)O. The summed E-state index contributed by atoms with van der Waals surface area (Å²) in [5.74, 6) is -0.874. The van der Waals surface area contributed by atoms with E-state index >= 15 is 0 Å². The molecule has 0 heterocycles. The second-order valence-corrected chi connectivity index (χ2v) is 9.19. The zero-order valence-corrected chi connectivity index (χ0v) is 20.3. The lowest BCUT2D eigenvalue weighted by Crippen LogP contribution is -2.39. The monoisotopic (exact) mass is 474 g/mol. The predicted octanol–water partition coefficient (Wildman–Crippen LogP) is 5.21. The molecule has 8 heteroatoms. The van der Waals surface area contributed by atoms with E-state index in [1.807, 2.05) is 0 Å². The topological polar surface area (TPSA) is 88.1 Å². The largest absolute Gasteiger partial charge is 0.492 e. The zero-order chi connectivity index (χ0) is 25.1. The summed E-state index contributed by atoms with van der Waals surface area (Å²) in [6, 6.07) is 12.8. The van der Waals surface area contributed by atoms with Crippen LogP contribution < -0.4 is 10.1 Å². The van der Waals surface area contributed by atoms with Crippen LogP contribution in [0.25, 0.3) is 0 Å². The Bertz CT molecular complexity index is 928. The van der Waals surface area contributed by atoms with Gasteiger partial charge in [-0.3, -0.25) is 0 Å². The molecular formula is C26H35FN2O5. The van der Waals surface area contributed by atoms with E-state index in [-0.39, 0.29) is 30.2 Å². The van der Waals surface area contributed by atoms with Gasteiger partial charge < -0.3 is 24.8 Å². The number of amides is 2. The highest BCUT2D eigenvalue weighted by Crippen LogP contribution is 2.20. The Morgan fingerprint density at radius 1 is 1.09 bits per heavy atom. The number of ether oxygens (including phenoxy) is 2. The van der Waals surface area contributed by atoms with Crippen molar-refractivity contribution in [1.82, 2.24) is 4.90 Å². The van der Waals surface area contributed by atoms with Gasteiger partial charge in [0.2, 0.25) is 0 Å². The minimum Gasteiger partial charge on any atom is -0.492 e. The molecule has 7 nitrogen and oxygen atoms in total. The smallest absolute Gasteiger partial charge is 0.333 e. The van der Waals surface area contributed by atoms with E-state index < -0.39 is 17.9 Å². The highest BCUT2D eigenvalue weighted by molar-refractivity contribution is 5.89. The highest BCUT2D eigenvalue weighted by atomic mass is 19.1. The van der Waals surface area contributed by atoms with Crippen LogP contribution in [0.4, 0.5) is 14.9 Å². The molecule has 2 aromatic carbocycles. The lowest BCUT2D eigenvalue weighted by atomic mass is 9.92. The molecule has 0 fully saturated rings. The molecule has 186 valence electrons. The summed E-state index contributed by atoms with van der Waals surface area (Å²) in [4.78, 5) is 25.7. The van der Waals surface area contributed by atoms with Gasteiger partial charge in [-0.1, -0.05) is 45.0 Å². The van der Waals surface area contributed by atoms with E-state index in [4.69, 9.17) is 9.47 Å². The number of carbonyl (C=O) groups excluding carboxylic acids is 1. The molecule has 0 saturated heterocycles. The molecule has 2 amide bonds. The van der Waals surface area contributed by atoms with Gasteiger partial charge in [0.05, 0.1) is 12.2 Å². The van der Waals surface area contributed by atoms with Crippen LogP contribution in [0.3, 0.4) is 0 Å². The number of carbonyl (C=O) groups is 2. The van der Waals surface area contributed by atoms with E-state index in [1.54, 1.807) is 48.2 Å². The number of aliphatic carboxylic acids is 1. The Hall–Kier alpha value is -3.13.